The number of nitrogens with two attached hydrogens (primary N) is 1. The molecule has 0 spiro atoms. The van der Waals surface area contributed by atoms with Gasteiger partial charge in [0.25, 0.3) is 5.91 Å². The van der Waals surface area contributed by atoms with Gasteiger partial charge in [0.2, 0.25) is 0 Å². The summed E-state index contributed by atoms with van der Waals surface area (Å²) in [5.74, 6) is -0.642. The molecular weight excluding hydrogens is 426 g/mol. The monoisotopic (exact) mass is 434 g/mol. The topological polar surface area (TPSA) is 55.1 Å². The molecule has 1 amide bonds. The summed E-state index contributed by atoms with van der Waals surface area (Å²) in [6, 6.07) is 9.16. The van der Waals surface area contributed by atoms with Gasteiger partial charge in [-0.2, -0.15) is 0 Å². The molecule has 0 fully saturated rings. The van der Waals surface area contributed by atoms with Crippen LogP contribution in [0.25, 0.3) is 0 Å². The van der Waals surface area contributed by atoms with E-state index in [1.807, 2.05) is 22.6 Å². The third kappa shape index (κ3) is 3.44. The number of carbonyl (C=O) groups excluding carboxylic acids is 1. The fraction of sp³-hybridized carbons (Fsp3) is 0. The molecule has 0 aliphatic rings. The van der Waals surface area contributed by atoms with Crippen molar-refractivity contribution in [1.82, 2.24) is 0 Å². The van der Waals surface area contributed by atoms with Gasteiger partial charge in [-0.05, 0) is 74.9 Å². The molecule has 0 bridgehead atoms. The van der Waals surface area contributed by atoms with E-state index in [0.717, 1.165) is 0 Å². The zero-order chi connectivity index (χ0) is 14.0. The SMILES string of the molecule is Nc1ccc(Br)c(C(=O)Nc2ccc(F)cc2I)c1. The van der Waals surface area contributed by atoms with Crippen molar-refractivity contribution in [2.45, 2.75) is 0 Å². The average molecular weight is 435 g/mol. The maximum absolute atomic E-state index is 13.0. The van der Waals surface area contributed by atoms with Crippen LogP contribution in [0.5, 0.6) is 0 Å². The Kier molecular flexibility index (Phi) is 4.41. The van der Waals surface area contributed by atoms with Crippen molar-refractivity contribution >= 4 is 55.8 Å². The van der Waals surface area contributed by atoms with E-state index in [0.29, 0.717) is 25.0 Å². The highest BCUT2D eigenvalue weighted by Gasteiger charge is 2.12. The van der Waals surface area contributed by atoms with Crippen LogP contribution < -0.4 is 11.1 Å². The predicted octanol–water partition coefficient (Wildman–Crippen LogP) is 4.03. The largest absolute Gasteiger partial charge is 0.399 e. The third-order valence-corrected chi connectivity index (χ3v) is 4.00. The van der Waals surface area contributed by atoms with Crippen LogP contribution in [0.1, 0.15) is 10.4 Å². The van der Waals surface area contributed by atoms with E-state index in [1.54, 1.807) is 18.2 Å². The van der Waals surface area contributed by atoms with E-state index < -0.39 is 0 Å². The number of nitrogen functional groups attached to an aromatic ring is 1. The predicted molar refractivity (Wildman–Crippen MR) is 85.6 cm³/mol. The minimum Gasteiger partial charge on any atom is -0.399 e. The molecule has 0 saturated carbocycles. The van der Waals surface area contributed by atoms with Gasteiger partial charge in [-0.3, -0.25) is 4.79 Å². The Hall–Kier alpha value is -1.15. The molecular formula is C13H9BrFIN2O. The summed E-state index contributed by atoms with van der Waals surface area (Å²) < 4.78 is 14.3. The van der Waals surface area contributed by atoms with Gasteiger partial charge in [0.15, 0.2) is 0 Å². The normalized spacial score (nSPS) is 10.3. The second-order valence-electron chi connectivity index (χ2n) is 3.82. The summed E-state index contributed by atoms with van der Waals surface area (Å²) in [5.41, 5.74) is 7.15. The van der Waals surface area contributed by atoms with Gasteiger partial charge < -0.3 is 11.1 Å². The smallest absolute Gasteiger partial charge is 0.256 e. The van der Waals surface area contributed by atoms with E-state index in [-0.39, 0.29) is 11.7 Å². The average Bonchev–Trinajstić information content (AvgIpc) is 2.35. The quantitative estimate of drug-likeness (QED) is 0.553. The van der Waals surface area contributed by atoms with Crippen LogP contribution in [0.15, 0.2) is 40.9 Å². The molecule has 3 N–H and O–H groups in total. The Morgan fingerprint density at radius 3 is 2.68 bits per heavy atom. The first kappa shape index (κ1) is 14.3. The van der Waals surface area contributed by atoms with Crippen molar-refractivity contribution in [3.05, 3.63) is 55.8 Å². The minimum absolute atomic E-state index is 0.302. The summed E-state index contributed by atoms with van der Waals surface area (Å²) in [6.45, 7) is 0. The summed E-state index contributed by atoms with van der Waals surface area (Å²) in [7, 11) is 0. The van der Waals surface area contributed by atoms with Crippen LogP contribution >= 0.6 is 38.5 Å². The lowest BCUT2D eigenvalue weighted by Gasteiger charge is -2.09. The van der Waals surface area contributed by atoms with Crippen molar-refractivity contribution in [1.29, 1.82) is 0 Å². The van der Waals surface area contributed by atoms with Gasteiger partial charge in [0, 0.05) is 13.7 Å². The summed E-state index contributed by atoms with van der Waals surface area (Å²) >= 11 is 5.26. The third-order valence-electron chi connectivity index (χ3n) is 2.41. The minimum atomic E-state index is -0.340. The summed E-state index contributed by atoms with van der Waals surface area (Å²) in [4.78, 5) is 12.1. The summed E-state index contributed by atoms with van der Waals surface area (Å²) in [6.07, 6.45) is 0. The molecule has 2 aromatic carbocycles. The first-order chi connectivity index (χ1) is 8.97. The Bertz CT molecular complexity index is 649. The van der Waals surface area contributed by atoms with Gasteiger partial charge in [-0.15, -0.1) is 0 Å². The van der Waals surface area contributed by atoms with Gasteiger partial charge in [0.1, 0.15) is 5.82 Å². The number of hydrogen-bond donors (Lipinski definition) is 2. The Balaban J connectivity index is 2.28. The lowest BCUT2D eigenvalue weighted by Crippen LogP contribution is -2.14. The van der Waals surface area contributed by atoms with E-state index in [4.69, 9.17) is 5.73 Å². The van der Waals surface area contributed by atoms with E-state index in [9.17, 15) is 9.18 Å². The highest BCUT2D eigenvalue weighted by molar-refractivity contribution is 14.1. The first-order valence-corrected chi connectivity index (χ1v) is 7.16. The van der Waals surface area contributed by atoms with E-state index in [1.165, 1.54) is 18.2 Å². The molecule has 3 nitrogen and oxygen atoms in total. The number of carbonyl (C=O) groups is 1. The number of halogens is 3. The molecule has 0 radical (unpaired) electrons. The maximum Gasteiger partial charge on any atom is 0.256 e. The second kappa shape index (κ2) is 5.87. The fourth-order valence-electron chi connectivity index (χ4n) is 1.50. The fourth-order valence-corrected chi connectivity index (χ4v) is 2.54. The zero-order valence-corrected chi connectivity index (χ0v) is 13.3. The van der Waals surface area contributed by atoms with Crippen LogP contribution in [0.4, 0.5) is 15.8 Å². The molecule has 0 unspecified atom stereocenters. The Labute approximate surface area is 131 Å². The van der Waals surface area contributed by atoms with Gasteiger partial charge in [-0.1, -0.05) is 0 Å². The van der Waals surface area contributed by atoms with Crippen LogP contribution in [0.2, 0.25) is 0 Å². The van der Waals surface area contributed by atoms with Crippen LogP contribution in [0, 0.1) is 9.39 Å². The Morgan fingerprint density at radius 2 is 2.00 bits per heavy atom. The van der Waals surface area contributed by atoms with Gasteiger partial charge in [0.05, 0.1) is 11.3 Å². The number of benzene rings is 2. The molecule has 0 saturated heterocycles. The van der Waals surface area contributed by atoms with Crippen molar-refractivity contribution in [2.24, 2.45) is 0 Å². The number of rotatable bonds is 2. The molecule has 2 rings (SSSR count). The molecule has 19 heavy (non-hydrogen) atoms. The van der Waals surface area contributed by atoms with Gasteiger partial charge in [-0.25, -0.2) is 4.39 Å². The second-order valence-corrected chi connectivity index (χ2v) is 5.83. The first-order valence-electron chi connectivity index (χ1n) is 5.29. The lowest BCUT2D eigenvalue weighted by molar-refractivity contribution is 0.102. The molecule has 0 atom stereocenters. The zero-order valence-electron chi connectivity index (χ0n) is 9.58. The summed E-state index contributed by atoms with van der Waals surface area (Å²) in [5, 5.41) is 2.72. The molecule has 6 heteroatoms. The molecule has 98 valence electrons. The number of hydrogen-bond acceptors (Lipinski definition) is 2. The van der Waals surface area contributed by atoms with E-state index >= 15 is 0 Å². The van der Waals surface area contributed by atoms with E-state index in [2.05, 4.69) is 21.2 Å². The highest BCUT2D eigenvalue weighted by Crippen LogP contribution is 2.23. The van der Waals surface area contributed by atoms with Crippen LogP contribution in [0.3, 0.4) is 0 Å². The van der Waals surface area contributed by atoms with Crippen molar-refractivity contribution in [3.63, 3.8) is 0 Å². The van der Waals surface area contributed by atoms with Crippen LogP contribution in [-0.4, -0.2) is 5.91 Å². The molecule has 2 aromatic rings. The lowest BCUT2D eigenvalue weighted by atomic mass is 10.2. The van der Waals surface area contributed by atoms with Crippen molar-refractivity contribution in [2.75, 3.05) is 11.1 Å². The molecule has 0 heterocycles. The van der Waals surface area contributed by atoms with Crippen molar-refractivity contribution < 1.29 is 9.18 Å². The van der Waals surface area contributed by atoms with Crippen LogP contribution in [-0.2, 0) is 0 Å². The number of amides is 1. The van der Waals surface area contributed by atoms with Crippen molar-refractivity contribution in [3.8, 4) is 0 Å². The molecule has 0 aromatic heterocycles. The Morgan fingerprint density at radius 1 is 1.26 bits per heavy atom. The number of nitrogens with one attached hydrogen (secondary N) is 1. The molecule has 0 aliphatic carbocycles. The standard InChI is InChI=1S/C13H9BrFIN2O/c14-10-3-2-8(17)6-9(10)13(19)18-12-4-1-7(15)5-11(12)16/h1-6H,17H2,(H,18,19). The maximum atomic E-state index is 13.0. The molecule has 0 aliphatic heterocycles. The van der Waals surface area contributed by atoms with Gasteiger partial charge >= 0.3 is 0 Å². The highest BCUT2D eigenvalue weighted by atomic mass is 127. The number of anilines is 2.